The third kappa shape index (κ3) is 6.83. The number of esters is 1. The number of rotatable bonds is 9. The van der Waals surface area contributed by atoms with Crippen LogP contribution in [0.1, 0.15) is 19.8 Å². The average molecular weight is 392 g/mol. The Morgan fingerprint density at radius 3 is 2.59 bits per heavy atom. The lowest BCUT2D eigenvalue weighted by Gasteiger charge is -2.15. The molecule has 27 heavy (non-hydrogen) atoms. The third-order valence-corrected chi connectivity index (χ3v) is 3.87. The van der Waals surface area contributed by atoms with E-state index in [2.05, 4.69) is 5.32 Å². The van der Waals surface area contributed by atoms with Gasteiger partial charge >= 0.3 is 5.97 Å². The number of para-hydroxylation sites is 1. The van der Waals surface area contributed by atoms with Crippen LogP contribution in [-0.4, -0.2) is 31.7 Å². The third-order valence-electron chi connectivity index (χ3n) is 3.63. The Bertz CT molecular complexity index is 766. The summed E-state index contributed by atoms with van der Waals surface area (Å²) in [5.74, 6) is 0.273. The number of methoxy groups -OCH3 is 1. The zero-order valence-corrected chi connectivity index (χ0v) is 16.0. The van der Waals surface area contributed by atoms with Crippen LogP contribution in [0.4, 0.5) is 5.69 Å². The quantitative estimate of drug-likeness (QED) is 0.515. The van der Waals surface area contributed by atoms with E-state index in [0.717, 1.165) is 5.75 Å². The SMILES string of the molecule is COc1ccc(Cl)cc1NC(=O)[C@@H](C)OC(=O)CCCOc1ccccc1. The first kappa shape index (κ1) is 20.6. The van der Waals surface area contributed by atoms with Gasteiger partial charge in [0.15, 0.2) is 6.10 Å². The molecule has 144 valence electrons. The Hall–Kier alpha value is -2.73. The van der Waals surface area contributed by atoms with E-state index in [0.29, 0.717) is 29.5 Å². The highest BCUT2D eigenvalue weighted by Gasteiger charge is 2.19. The molecule has 1 amide bonds. The lowest BCUT2D eigenvalue weighted by atomic mass is 10.2. The summed E-state index contributed by atoms with van der Waals surface area (Å²) >= 11 is 5.93. The molecule has 0 saturated carbocycles. The van der Waals surface area contributed by atoms with Crippen molar-refractivity contribution in [1.82, 2.24) is 0 Å². The second kappa shape index (κ2) is 10.4. The zero-order valence-electron chi connectivity index (χ0n) is 15.2. The van der Waals surface area contributed by atoms with E-state index < -0.39 is 18.0 Å². The van der Waals surface area contributed by atoms with Crippen molar-refractivity contribution < 1.29 is 23.8 Å². The van der Waals surface area contributed by atoms with Crippen molar-refractivity contribution >= 4 is 29.2 Å². The van der Waals surface area contributed by atoms with Crippen LogP contribution in [0, 0.1) is 0 Å². The maximum atomic E-state index is 12.2. The van der Waals surface area contributed by atoms with Gasteiger partial charge in [0.1, 0.15) is 11.5 Å². The molecule has 2 aromatic carbocycles. The molecular formula is C20H22ClNO5. The Kier molecular flexibility index (Phi) is 7.95. The van der Waals surface area contributed by atoms with Gasteiger partial charge in [-0.05, 0) is 43.7 Å². The van der Waals surface area contributed by atoms with Crippen LogP contribution in [0.2, 0.25) is 5.02 Å². The summed E-state index contributed by atoms with van der Waals surface area (Å²) in [5, 5.41) is 3.10. The molecule has 7 heteroatoms. The van der Waals surface area contributed by atoms with Crippen LogP contribution in [0.25, 0.3) is 0 Å². The van der Waals surface area contributed by atoms with Crippen LogP contribution in [-0.2, 0) is 14.3 Å². The maximum Gasteiger partial charge on any atom is 0.306 e. The fourth-order valence-corrected chi connectivity index (χ4v) is 2.42. The van der Waals surface area contributed by atoms with Crippen molar-refractivity contribution in [2.75, 3.05) is 19.0 Å². The monoisotopic (exact) mass is 391 g/mol. The Labute approximate surface area is 163 Å². The summed E-state index contributed by atoms with van der Waals surface area (Å²) in [5.41, 5.74) is 0.411. The molecule has 0 heterocycles. The van der Waals surface area contributed by atoms with E-state index in [4.69, 9.17) is 25.8 Å². The van der Waals surface area contributed by atoms with E-state index >= 15 is 0 Å². The number of ether oxygens (including phenoxy) is 3. The minimum atomic E-state index is -0.948. The highest BCUT2D eigenvalue weighted by molar-refractivity contribution is 6.31. The standard InChI is InChI=1S/C20H22ClNO5/c1-14(20(24)22-17-13-15(21)10-11-18(17)25-2)27-19(23)9-6-12-26-16-7-4-3-5-8-16/h3-5,7-8,10-11,13-14H,6,9,12H2,1-2H3,(H,22,24)/t14-/m1/s1. The molecule has 6 nitrogen and oxygen atoms in total. The summed E-state index contributed by atoms with van der Waals surface area (Å²) in [7, 11) is 1.49. The average Bonchev–Trinajstić information content (AvgIpc) is 2.66. The molecule has 0 spiro atoms. The second-order valence-electron chi connectivity index (χ2n) is 5.73. The molecule has 1 atom stereocenters. The minimum absolute atomic E-state index is 0.158. The lowest BCUT2D eigenvalue weighted by Crippen LogP contribution is -2.30. The largest absolute Gasteiger partial charge is 0.495 e. The molecule has 0 unspecified atom stereocenters. The highest BCUT2D eigenvalue weighted by atomic mass is 35.5. The van der Waals surface area contributed by atoms with Crippen molar-refractivity contribution in [3.63, 3.8) is 0 Å². The molecule has 0 aliphatic carbocycles. The van der Waals surface area contributed by atoms with Crippen molar-refractivity contribution in [1.29, 1.82) is 0 Å². The minimum Gasteiger partial charge on any atom is -0.495 e. The van der Waals surface area contributed by atoms with Gasteiger partial charge < -0.3 is 19.5 Å². The number of anilines is 1. The number of benzene rings is 2. The molecule has 0 aliphatic rings. The Morgan fingerprint density at radius 1 is 1.15 bits per heavy atom. The van der Waals surface area contributed by atoms with Crippen molar-refractivity contribution in [2.45, 2.75) is 25.9 Å². The second-order valence-corrected chi connectivity index (χ2v) is 6.17. The molecule has 0 fully saturated rings. The number of hydrogen-bond donors (Lipinski definition) is 1. The first-order valence-corrected chi connectivity index (χ1v) is 8.89. The molecule has 2 aromatic rings. The summed E-state index contributed by atoms with van der Waals surface area (Å²) in [6.07, 6.45) is -0.300. The molecule has 0 aliphatic heterocycles. The summed E-state index contributed by atoms with van der Waals surface area (Å²) < 4.78 is 15.8. The number of carbonyl (C=O) groups excluding carboxylic acids is 2. The van der Waals surface area contributed by atoms with Gasteiger partial charge in [-0.15, -0.1) is 0 Å². The maximum absolute atomic E-state index is 12.2. The van der Waals surface area contributed by atoms with Gasteiger partial charge in [0.25, 0.3) is 5.91 Å². The zero-order chi connectivity index (χ0) is 19.6. The van der Waals surface area contributed by atoms with Crippen molar-refractivity contribution in [3.8, 4) is 11.5 Å². The van der Waals surface area contributed by atoms with Crippen LogP contribution in [0.15, 0.2) is 48.5 Å². The molecule has 0 bridgehead atoms. The Morgan fingerprint density at radius 2 is 1.89 bits per heavy atom. The van der Waals surface area contributed by atoms with E-state index in [1.165, 1.54) is 14.0 Å². The molecular weight excluding hydrogens is 370 g/mol. The number of hydrogen-bond acceptors (Lipinski definition) is 5. The van der Waals surface area contributed by atoms with Gasteiger partial charge in [0.2, 0.25) is 0 Å². The fourth-order valence-electron chi connectivity index (χ4n) is 2.25. The van der Waals surface area contributed by atoms with Crippen LogP contribution in [0.5, 0.6) is 11.5 Å². The van der Waals surface area contributed by atoms with Gasteiger partial charge in [0, 0.05) is 11.4 Å². The number of amides is 1. The highest BCUT2D eigenvalue weighted by Crippen LogP contribution is 2.27. The fraction of sp³-hybridized carbons (Fsp3) is 0.300. The number of nitrogens with one attached hydrogen (secondary N) is 1. The number of halogens is 1. The van der Waals surface area contributed by atoms with Crippen LogP contribution in [0.3, 0.4) is 0 Å². The van der Waals surface area contributed by atoms with Crippen molar-refractivity contribution in [3.05, 3.63) is 53.6 Å². The Balaban J connectivity index is 1.75. The summed E-state index contributed by atoms with van der Waals surface area (Å²) in [6.45, 7) is 1.89. The first-order valence-electron chi connectivity index (χ1n) is 8.51. The topological polar surface area (TPSA) is 73.9 Å². The molecule has 2 rings (SSSR count). The first-order chi connectivity index (χ1) is 13.0. The van der Waals surface area contributed by atoms with Crippen LogP contribution >= 0.6 is 11.6 Å². The predicted molar refractivity (Wildman–Crippen MR) is 103 cm³/mol. The van der Waals surface area contributed by atoms with E-state index in [1.54, 1.807) is 18.2 Å². The van der Waals surface area contributed by atoms with E-state index in [9.17, 15) is 9.59 Å². The molecule has 0 aromatic heterocycles. The normalized spacial score (nSPS) is 11.4. The van der Waals surface area contributed by atoms with E-state index in [-0.39, 0.29) is 6.42 Å². The predicted octanol–water partition coefficient (Wildman–Crippen LogP) is 4.08. The van der Waals surface area contributed by atoms with E-state index in [1.807, 2.05) is 30.3 Å². The molecule has 1 N–H and O–H groups in total. The van der Waals surface area contributed by atoms with Gasteiger partial charge in [-0.2, -0.15) is 0 Å². The molecule has 0 saturated heterocycles. The smallest absolute Gasteiger partial charge is 0.306 e. The summed E-state index contributed by atoms with van der Waals surface area (Å²) in [6, 6.07) is 14.2. The number of carbonyl (C=O) groups is 2. The van der Waals surface area contributed by atoms with Gasteiger partial charge in [-0.25, -0.2) is 0 Å². The summed E-state index contributed by atoms with van der Waals surface area (Å²) in [4.78, 5) is 24.1. The van der Waals surface area contributed by atoms with Crippen LogP contribution < -0.4 is 14.8 Å². The molecule has 0 radical (unpaired) electrons. The van der Waals surface area contributed by atoms with Crippen molar-refractivity contribution in [2.24, 2.45) is 0 Å². The van der Waals surface area contributed by atoms with Gasteiger partial charge in [-0.3, -0.25) is 9.59 Å². The lowest BCUT2D eigenvalue weighted by molar-refractivity contribution is -0.153. The van der Waals surface area contributed by atoms with Gasteiger partial charge in [0.05, 0.1) is 19.4 Å². The van der Waals surface area contributed by atoms with Gasteiger partial charge in [-0.1, -0.05) is 29.8 Å².